The summed E-state index contributed by atoms with van der Waals surface area (Å²) in [4.78, 5) is 11.3. The van der Waals surface area contributed by atoms with Gasteiger partial charge >= 0.3 is 0 Å². The second kappa shape index (κ2) is 3.79. The molecule has 14 heavy (non-hydrogen) atoms. The third-order valence-electron chi connectivity index (χ3n) is 1.86. The van der Waals surface area contributed by atoms with Gasteiger partial charge in [-0.3, -0.25) is 9.36 Å². The fraction of sp³-hybridized carbons (Fsp3) is 0.333. The summed E-state index contributed by atoms with van der Waals surface area (Å²) in [5, 5.41) is 0. The maximum absolute atomic E-state index is 11.3. The first-order valence-electron chi connectivity index (χ1n) is 4.14. The van der Waals surface area contributed by atoms with Crippen LogP contribution in [0, 0.1) is 4.77 Å². The molecule has 0 radical (unpaired) electrons. The summed E-state index contributed by atoms with van der Waals surface area (Å²) in [6, 6.07) is 1.36. The minimum atomic E-state index is -0.189. The molecule has 0 atom stereocenters. The van der Waals surface area contributed by atoms with Crippen LogP contribution in [0.5, 0.6) is 0 Å². The zero-order chi connectivity index (χ0) is 10.9. The Balaban J connectivity index is 3.44. The molecule has 4 nitrogen and oxygen atoms in total. The van der Waals surface area contributed by atoms with Gasteiger partial charge in [-0.25, -0.2) is 0 Å². The topological polar surface area (TPSA) is 52.9 Å². The minimum Gasteiger partial charge on any atom is -0.385 e. The van der Waals surface area contributed by atoms with Crippen LogP contribution >= 0.6 is 12.2 Å². The highest BCUT2D eigenvalue weighted by Gasteiger charge is 2.02. The normalized spacial score (nSPS) is 10.1. The molecule has 0 bridgehead atoms. The Labute approximate surface area is 87.3 Å². The number of nitrogens with two attached hydrogens (primary N) is 1. The standard InChI is InChI=1S/C9H13N3OS/c1-6(2)5-12-7(10)4-8(13)11(3)9(12)14/h4H,1,5,10H2,2-3H3. The second-order valence-corrected chi connectivity index (χ2v) is 3.66. The Kier molecular flexibility index (Phi) is 2.90. The van der Waals surface area contributed by atoms with Gasteiger partial charge in [0.05, 0.1) is 0 Å². The van der Waals surface area contributed by atoms with Crippen molar-refractivity contribution in [1.29, 1.82) is 0 Å². The van der Waals surface area contributed by atoms with E-state index < -0.39 is 0 Å². The number of aromatic nitrogens is 2. The summed E-state index contributed by atoms with van der Waals surface area (Å²) in [5.41, 5.74) is 6.43. The first-order chi connectivity index (χ1) is 6.43. The van der Waals surface area contributed by atoms with Crippen LogP contribution in [0.3, 0.4) is 0 Å². The van der Waals surface area contributed by atoms with Crippen molar-refractivity contribution in [2.24, 2.45) is 7.05 Å². The van der Waals surface area contributed by atoms with E-state index in [-0.39, 0.29) is 5.56 Å². The molecule has 0 amide bonds. The van der Waals surface area contributed by atoms with Crippen molar-refractivity contribution in [2.75, 3.05) is 5.73 Å². The molecule has 1 rings (SSSR count). The van der Waals surface area contributed by atoms with Crippen molar-refractivity contribution in [3.63, 3.8) is 0 Å². The Morgan fingerprint density at radius 1 is 1.71 bits per heavy atom. The van der Waals surface area contributed by atoms with Gasteiger partial charge in [0.1, 0.15) is 5.82 Å². The number of hydrogen-bond acceptors (Lipinski definition) is 3. The van der Waals surface area contributed by atoms with E-state index >= 15 is 0 Å². The van der Waals surface area contributed by atoms with E-state index in [2.05, 4.69) is 6.58 Å². The molecule has 5 heteroatoms. The average molecular weight is 211 g/mol. The summed E-state index contributed by atoms with van der Waals surface area (Å²) < 4.78 is 3.48. The van der Waals surface area contributed by atoms with Gasteiger partial charge in [-0.15, -0.1) is 0 Å². The van der Waals surface area contributed by atoms with Crippen molar-refractivity contribution < 1.29 is 0 Å². The fourth-order valence-corrected chi connectivity index (χ4v) is 1.38. The molecule has 76 valence electrons. The summed E-state index contributed by atoms with van der Waals surface area (Å²) in [7, 11) is 1.62. The van der Waals surface area contributed by atoms with Crippen molar-refractivity contribution >= 4 is 18.0 Å². The van der Waals surface area contributed by atoms with Gasteiger partial charge in [-0.1, -0.05) is 12.2 Å². The maximum Gasteiger partial charge on any atom is 0.256 e. The van der Waals surface area contributed by atoms with Crippen molar-refractivity contribution in [1.82, 2.24) is 9.13 Å². The average Bonchev–Trinajstić information content (AvgIpc) is 2.09. The summed E-state index contributed by atoms with van der Waals surface area (Å²) in [6.07, 6.45) is 0. The first kappa shape index (κ1) is 10.7. The number of hydrogen-bond donors (Lipinski definition) is 1. The van der Waals surface area contributed by atoms with Crippen LogP contribution in [0.1, 0.15) is 6.92 Å². The lowest BCUT2D eigenvalue weighted by Gasteiger charge is -2.11. The summed E-state index contributed by atoms with van der Waals surface area (Å²) in [5.74, 6) is 0.376. The number of allylic oxidation sites excluding steroid dienone is 1. The van der Waals surface area contributed by atoms with Crippen LogP contribution < -0.4 is 11.3 Å². The molecule has 0 saturated carbocycles. The number of nitrogen functional groups attached to an aromatic ring is 1. The molecule has 1 heterocycles. The third kappa shape index (κ3) is 1.93. The zero-order valence-electron chi connectivity index (χ0n) is 8.28. The maximum atomic E-state index is 11.3. The van der Waals surface area contributed by atoms with Gasteiger partial charge in [0.15, 0.2) is 4.77 Å². The van der Waals surface area contributed by atoms with E-state index in [1.807, 2.05) is 6.92 Å². The van der Waals surface area contributed by atoms with Gasteiger partial charge in [0.25, 0.3) is 5.56 Å². The van der Waals surface area contributed by atoms with E-state index in [4.69, 9.17) is 18.0 Å². The Hall–Kier alpha value is -1.36. The van der Waals surface area contributed by atoms with E-state index in [9.17, 15) is 4.79 Å². The van der Waals surface area contributed by atoms with Crippen LogP contribution in [0.25, 0.3) is 0 Å². The lowest BCUT2D eigenvalue weighted by molar-refractivity contribution is 0.678. The Morgan fingerprint density at radius 2 is 2.29 bits per heavy atom. The molecule has 0 aromatic carbocycles. The molecular weight excluding hydrogens is 198 g/mol. The molecule has 0 aliphatic rings. The molecule has 0 unspecified atom stereocenters. The van der Waals surface area contributed by atoms with Crippen LogP contribution in [-0.4, -0.2) is 9.13 Å². The zero-order valence-corrected chi connectivity index (χ0v) is 9.10. The fourth-order valence-electron chi connectivity index (χ4n) is 1.12. The van der Waals surface area contributed by atoms with Gasteiger partial charge in [-0.2, -0.15) is 0 Å². The molecule has 0 spiro atoms. The van der Waals surface area contributed by atoms with Crippen molar-refractivity contribution in [3.8, 4) is 0 Å². The van der Waals surface area contributed by atoms with E-state index in [1.54, 1.807) is 11.6 Å². The molecule has 0 aliphatic carbocycles. The quantitative estimate of drug-likeness (QED) is 0.588. The highest BCUT2D eigenvalue weighted by atomic mass is 32.1. The van der Waals surface area contributed by atoms with E-state index in [1.165, 1.54) is 10.6 Å². The number of rotatable bonds is 2. The molecule has 1 aromatic rings. The largest absolute Gasteiger partial charge is 0.385 e. The third-order valence-corrected chi connectivity index (χ3v) is 2.35. The molecule has 0 fully saturated rings. The van der Waals surface area contributed by atoms with Crippen molar-refractivity contribution in [2.45, 2.75) is 13.5 Å². The van der Waals surface area contributed by atoms with Crippen LogP contribution in [0.4, 0.5) is 5.82 Å². The molecule has 1 aromatic heterocycles. The summed E-state index contributed by atoms with van der Waals surface area (Å²) in [6.45, 7) is 6.20. The van der Waals surface area contributed by atoms with Gasteiger partial charge in [0, 0.05) is 19.7 Å². The lowest BCUT2D eigenvalue weighted by atomic mass is 10.3. The molecule has 2 N–H and O–H groups in total. The van der Waals surface area contributed by atoms with Crippen LogP contribution in [-0.2, 0) is 13.6 Å². The smallest absolute Gasteiger partial charge is 0.256 e. The monoisotopic (exact) mass is 211 g/mol. The molecule has 0 saturated heterocycles. The van der Waals surface area contributed by atoms with Gasteiger partial charge in [0.2, 0.25) is 0 Å². The molecule has 0 aliphatic heterocycles. The lowest BCUT2D eigenvalue weighted by Crippen LogP contribution is -2.23. The predicted molar refractivity (Wildman–Crippen MR) is 59.7 cm³/mol. The number of nitrogens with zero attached hydrogens (tertiary/aromatic N) is 2. The second-order valence-electron chi connectivity index (χ2n) is 3.29. The van der Waals surface area contributed by atoms with Crippen molar-refractivity contribution in [3.05, 3.63) is 33.3 Å². The summed E-state index contributed by atoms with van der Waals surface area (Å²) >= 11 is 5.09. The molecular formula is C9H13N3OS. The van der Waals surface area contributed by atoms with E-state index in [0.717, 1.165) is 5.57 Å². The highest BCUT2D eigenvalue weighted by molar-refractivity contribution is 7.71. The Morgan fingerprint density at radius 3 is 2.79 bits per heavy atom. The Bertz CT molecular complexity index is 484. The predicted octanol–water partition coefficient (Wildman–Crippen LogP) is 1.07. The van der Waals surface area contributed by atoms with Crippen LogP contribution in [0.15, 0.2) is 23.0 Å². The van der Waals surface area contributed by atoms with E-state index in [0.29, 0.717) is 17.1 Å². The SMILES string of the molecule is C=C(C)Cn1c(N)cc(=O)n(C)c1=S. The van der Waals surface area contributed by atoms with Crippen LogP contribution in [0.2, 0.25) is 0 Å². The number of anilines is 1. The van der Waals surface area contributed by atoms with Gasteiger partial charge in [-0.05, 0) is 19.1 Å². The minimum absolute atomic E-state index is 0.189. The van der Waals surface area contributed by atoms with Gasteiger partial charge < -0.3 is 10.3 Å². The highest BCUT2D eigenvalue weighted by Crippen LogP contribution is 2.04. The first-order valence-corrected chi connectivity index (χ1v) is 4.55.